The monoisotopic (exact) mass is 252 g/mol. The summed E-state index contributed by atoms with van der Waals surface area (Å²) in [5.74, 6) is -0.580. The minimum atomic E-state index is -1.10. The Morgan fingerprint density at radius 3 is 2.62 bits per heavy atom. The molecular formula is C9H14BrFO2. The summed E-state index contributed by atoms with van der Waals surface area (Å²) >= 11 is 2.98. The molecule has 76 valence electrons. The van der Waals surface area contributed by atoms with Gasteiger partial charge in [-0.15, -0.1) is 0 Å². The Kier molecular flexibility index (Phi) is 3.71. The van der Waals surface area contributed by atoms with E-state index in [0.29, 0.717) is 12.8 Å². The molecule has 2 atom stereocenters. The Morgan fingerprint density at radius 2 is 2.15 bits per heavy atom. The maximum atomic E-state index is 12.9. The number of aliphatic carboxylic acids is 1. The molecule has 1 fully saturated rings. The normalized spacial score (nSPS) is 31.7. The number of alkyl halides is 2. The molecule has 13 heavy (non-hydrogen) atoms. The van der Waals surface area contributed by atoms with E-state index in [-0.39, 0.29) is 12.3 Å². The van der Waals surface area contributed by atoms with Crippen LogP contribution in [0.3, 0.4) is 0 Å². The predicted octanol–water partition coefficient (Wildman–Crippen LogP) is 3.10. The summed E-state index contributed by atoms with van der Waals surface area (Å²) < 4.78 is 11.8. The van der Waals surface area contributed by atoms with E-state index in [9.17, 15) is 9.18 Å². The van der Waals surface area contributed by atoms with Crippen LogP contribution in [-0.2, 0) is 4.79 Å². The summed E-state index contributed by atoms with van der Waals surface area (Å²) in [6, 6.07) is 0. The Morgan fingerprint density at radius 1 is 1.54 bits per heavy atom. The largest absolute Gasteiger partial charge is 0.481 e. The van der Waals surface area contributed by atoms with Gasteiger partial charge in [0, 0.05) is 12.3 Å². The first-order valence-electron chi connectivity index (χ1n) is 4.62. The lowest BCUT2D eigenvalue weighted by Crippen LogP contribution is -1.94. The Hall–Kier alpha value is -0.120. The molecule has 1 rings (SSSR count). The third kappa shape index (κ3) is 4.07. The summed E-state index contributed by atoms with van der Waals surface area (Å²) in [4.78, 5) is 10.1. The molecule has 0 heterocycles. The van der Waals surface area contributed by atoms with Gasteiger partial charge in [-0.05, 0) is 35.2 Å². The van der Waals surface area contributed by atoms with Gasteiger partial charge in [0.15, 0.2) is 4.58 Å². The summed E-state index contributed by atoms with van der Waals surface area (Å²) in [6.07, 6.45) is 4.28. The van der Waals surface area contributed by atoms with E-state index in [1.54, 1.807) is 0 Å². The number of carboxylic acid groups (broad SMARTS) is 1. The molecule has 0 spiro atoms. The number of halogens is 2. The molecule has 0 bridgehead atoms. The summed E-state index contributed by atoms with van der Waals surface area (Å²) in [5.41, 5.74) is 0. The van der Waals surface area contributed by atoms with Crippen LogP contribution in [-0.4, -0.2) is 15.7 Å². The van der Waals surface area contributed by atoms with Crippen LogP contribution in [0.5, 0.6) is 0 Å². The number of carboxylic acids is 1. The first kappa shape index (κ1) is 11.0. The molecule has 0 aliphatic heterocycles. The second-order valence-corrected chi connectivity index (χ2v) is 4.97. The van der Waals surface area contributed by atoms with Crippen molar-refractivity contribution in [3.05, 3.63) is 0 Å². The van der Waals surface area contributed by atoms with E-state index in [2.05, 4.69) is 15.9 Å². The van der Waals surface area contributed by atoms with E-state index in [1.165, 1.54) is 0 Å². The van der Waals surface area contributed by atoms with Gasteiger partial charge in [0.05, 0.1) is 0 Å². The second kappa shape index (κ2) is 4.40. The number of carbonyl (C=O) groups is 1. The van der Waals surface area contributed by atoms with Gasteiger partial charge in [-0.1, -0.05) is 12.8 Å². The van der Waals surface area contributed by atoms with Gasteiger partial charge < -0.3 is 5.11 Å². The maximum absolute atomic E-state index is 12.9. The second-order valence-electron chi connectivity index (χ2n) is 3.66. The Balaban J connectivity index is 1.88. The van der Waals surface area contributed by atoms with Crippen molar-refractivity contribution in [2.45, 2.75) is 43.1 Å². The van der Waals surface area contributed by atoms with Gasteiger partial charge in [-0.3, -0.25) is 4.79 Å². The average Bonchev–Trinajstić information content (AvgIpc) is 2.58. The summed E-state index contributed by atoms with van der Waals surface area (Å²) in [7, 11) is 0. The first-order valence-corrected chi connectivity index (χ1v) is 5.41. The molecule has 2 nitrogen and oxygen atoms in total. The zero-order valence-electron chi connectivity index (χ0n) is 7.43. The number of unbranched alkanes of at least 4 members (excludes halogenated alkanes) is 2. The van der Waals surface area contributed by atoms with Crippen LogP contribution in [0.15, 0.2) is 0 Å². The molecule has 0 aromatic rings. The van der Waals surface area contributed by atoms with Crippen molar-refractivity contribution < 1.29 is 14.3 Å². The average molecular weight is 253 g/mol. The lowest BCUT2D eigenvalue weighted by atomic mass is 10.1. The molecule has 0 radical (unpaired) electrons. The summed E-state index contributed by atoms with van der Waals surface area (Å²) in [6.45, 7) is 0. The fourth-order valence-corrected chi connectivity index (χ4v) is 2.05. The minimum Gasteiger partial charge on any atom is -0.481 e. The molecular weight excluding hydrogens is 239 g/mol. The quantitative estimate of drug-likeness (QED) is 0.583. The van der Waals surface area contributed by atoms with Crippen LogP contribution < -0.4 is 0 Å². The highest BCUT2D eigenvalue weighted by Crippen LogP contribution is 2.54. The van der Waals surface area contributed by atoms with Crippen molar-refractivity contribution in [2.24, 2.45) is 5.92 Å². The SMILES string of the molecule is O=C(O)CCCCCC1CC1(F)Br. The summed E-state index contributed by atoms with van der Waals surface area (Å²) in [5, 5.41) is 8.35. The van der Waals surface area contributed by atoms with Crippen LogP contribution >= 0.6 is 15.9 Å². The molecule has 0 saturated heterocycles. The van der Waals surface area contributed by atoms with Gasteiger partial charge in [0.2, 0.25) is 0 Å². The Bertz CT molecular complexity index is 194. The van der Waals surface area contributed by atoms with E-state index in [1.807, 2.05) is 0 Å². The van der Waals surface area contributed by atoms with Crippen molar-refractivity contribution >= 4 is 21.9 Å². The smallest absolute Gasteiger partial charge is 0.303 e. The third-order valence-electron chi connectivity index (χ3n) is 2.40. The first-order chi connectivity index (χ1) is 6.02. The highest BCUT2D eigenvalue weighted by Gasteiger charge is 2.52. The maximum Gasteiger partial charge on any atom is 0.303 e. The van der Waals surface area contributed by atoms with Crippen LogP contribution in [0.4, 0.5) is 4.39 Å². The van der Waals surface area contributed by atoms with Crippen LogP contribution in [0.2, 0.25) is 0 Å². The zero-order valence-corrected chi connectivity index (χ0v) is 9.02. The van der Waals surface area contributed by atoms with E-state index < -0.39 is 10.5 Å². The molecule has 1 aliphatic carbocycles. The van der Waals surface area contributed by atoms with E-state index in [4.69, 9.17) is 5.11 Å². The molecule has 1 saturated carbocycles. The van der Waals surface area contributed by atoms with E-state index in [0.717, 1.165) is 19.3 Å². The van der Waals surface area contributed by atoms with Crippen molar-refractivity contribution in [3.8, 4) is 0 Å². The standard InChI is InChI=1S/C9H14BrFO2/c10-9(11)6-7(9)4-2-1-3-5-8(12)13/h7H,1-6H2,(H,12,13). The lowest BCUT2D eigenvalue weighted by Gasteiger charge is -1.99. The molecule has 0 aromatic carbocycles. The fraction of sp³-hybridized carbons (Fsp3) is 0.889. The van der Waals surface area contributed by atoms with E-state index >= 15 is 0 Å². The number of rotatable bonds is 6. The fourth-order valence-electron chi connectivity index (χ4n) is 1.43. The van der Waals surface area contributed by atoms with Crippen LogP contribution in [0, 0.1) is 5.92 Å². The molecule has 1 aliphatic rings. The molecule has 2 unspecified atom stereocenters. The molecule has 1 N–H and O–H groups in total. The Labute approximate surface area is 85.6 Å². The minimum absolute atomic E-state index is 0.164. The lowest BCUT2D eigenvalue weighted by molar-refractivity contribution is -0.137. The number of hydrogen-bond acceptors (Lipinski definition) is 1. The van der Waals surface area contributed by atoms with Crippen LogP contribution in [0.25, 0.3) is 0 Å². The van der Waals surface area contributed by atoms with Gasteiger partial charge in [-0.2, -0.15) is 0 Å². The molecule has 4 heteroatoms. The molecule has 0 aromatic heterocycles. The highest BCUT2D eigenvalue weighted by atomic mass is 79.9. The van der Waals surface area contributed by atoms with Crippen molar-refractivity contribution in [2.75, 3.05) is 0 Å². The zero-order chi connectivity index (χ0) is 9.90. The van der Waals surface area contributed by atoms with Gasteiger partial charge in [-0.25, -0.2) is 4.39 Å². The van der Waals surface area contributed by atoms with Crippen molar-refractivity contribution in [1.29, 1.82) is 0 Å². The van der Waals surface area contributed by atoms with Crippen molar-refractivity contribution in [3.63, 3.8) is 0 Å². The van der Waals surface area contributed by atoms with Gasteiger partial charge in [0.1, 0.15) is 0 Å². The van der Waals surface area contributed by atoms with Crippen LogP contribution in [0.1, 0.15) is 38.5 Å². The van der Waals surface area contributed by atoms with Gasteiger partial charge in [0.25, 0.3) is 0 Å². The number of hydrogen-bond donors (Lipinski definition) is 1. The molecule has 0 amide bonds. The van der Waals surface area contributed by atoms with Gasteiger partial charge >= 0.3 is 5.97 Å². The third-order valence-corrected chi connectivity index (χ3v) is 3.37. The topological polar surface area (TPSA) is 37.3 Å². The predicted molar refractivity (Wildman–Crippen MR) is 51.6 cm³/mol. The van der Waals surface area contributed by atoms with Crippen molar-refractivity contribution in [1.82, 2.24) is 0 Å². The highest BCUT2D eigenvalue weighted by molar-refractivity contribution is 9.10.